The van der Waals surface area contributed by atoms with Crippen molar-refractivity contribution in [2.24, 2.45) is 23.5 Å². The molecule has 0 aromatic rings. The molecule has 0 radical (unpaired) electrons. The van der Waals surface area contributed by atoms with Crippen LogP contribution in [-0.2, 0) is 0 Å². The quantitative estimate of drug-likeness (QED) is 0.402. The van der Waals surface area contributed by atoms with Gasteiger partial charge in [0.25, 0.3) is 0 Å². The second kappa shape index (κ2) is 11.8. The lowest BCUT2D eigenvalue weighted by atomic mass is 9.78. The van der Waals surface area contributed by atoms with E-state index < -0.39 is 0 Å². The molecule has 1 saturated carbocycles. The van der Waals surface area contributed by atoms with E-state index in [4.69, 9.17) is 5.73 Å². The molecule has 1 heteroatoms. The van der Waals surface area contributed by atoms with Crippen LogP contribution in [-0.4, -0.2) is 6.04 Å². The molecule has 2 rings (SSSR count). The first-order chi connectivity index (χ1) is 13.5. The lowest BCUT2D eigenvalue weighted by Gasteiger charge is -2.29. The van der Waals surface area contributed by atoms with Crippen LogP contribution in [0.4, 0.5) is 0 Å². The maximum Gasteiger partial charge on any atom is 0.0262 e. The molecule has 2 aliphatic carbocycles. The molecule has 0 heterocycles. The minimum Gasteiger partial charge on any atom is -0.324 e. The van der Waals surface area contributed by atoms with Gasteiger partial charge in [-0.2, -0.15) is 0 Å². The summed E-state index contributed by atoms with van der Waals surface area (Å²) in [6.45, 7) is 13.4. The van der Waals surface area contributed by atoms with Crippen LogP contribution in [0.2, 0.25) is 0 Å². The number of rotatable bonds is 9. The molecule has 28 heavy (non-hydrogen) atoms. The number of hydrogen-bond acceptors (Lipinski definition) is 1. The van der Waals surface area contributed by atoms with Crippen LogP contribution in [0.5, 0.6) is 0 Å². The highest BCUT2D eigenvalue weighted by molar-refractivity contribution is 5.32. The molecule has 3 unspecified atom stereocenters. The van der Waals surface area contributed by atoms with E-state index in [9.17, 15) is 0 Å². The molecule has 0 spiro atoms. The predicted molar refractivity (Wildman–Crippen MR) is 125 cm³/mol. The standard InChI is InChI=1S/C27H45N/c1-6-20(3)17-21(4)18-27(28)25-16-11-9-8-10-13-22(5)26(25)19-23(7-2)24-14-12-15-24/h6,9,11,20-22,27H,1,7-8,10,12-19,28H2,2-5H3/b11-9+,26-25+/t20-,21?,22?,27?/m0/s1. The molecule has 0 amide bonds. The first-order valence-corrected chi connectivity index (χ1v) is 11.9. The van der Waals surface area contributed by atoms with Crippen LogP contribution >= 0.6 is 0 Å². The molecule has 0 aromatic carbocycles. The molecule has 0 aliphatic heterocycles. The number of hydrogen-bond donors (Lipinski definition) is 1. The minimum atomic E-state index is 0.191. The molecule has 2 aliphatic rings. The van der Waals surface area contributed by atoms with Crippen molar-refractivity contribution in [2.75, 3.05) is 0 Å². The van der Waals surface area contributed by atoms with Gasteiger partial charge in [0, 0.05) is 6.04 Å². The molecule has 2 N–H and O–H groups in total. The van der Waals surface area contributed by atoms with Gasteiger partial charge in [-0.3, -0.25) is 0 Å². The van der Waals surface area contributed by atoms with E-state index >= 15 is 0 Å². The largest absolute Gasteiger partial charge is 0.324 e. The SMILES string of the molecule is C=C[C@H](C)CC(C)CC(N)/C1=C(\CC(CC)=C2CCC2)C(C)CCC/C=C/C1. The first kappa shape index (κ1) is 23.2. The maximum atomic E-state index is 6.90. The number of nitrogens with two attached hydrogens (primary N) is 1. The Morgan fingerprint density at radius 2 is 1.96 bits per heavy atom. The Kier molecular flexibility index (Phi) is 9.79. The van der Waals surface area contributed by atoms with Gasteiger partial charge in [-0.15, -0.1) is 6.58 Å². The summed E-state index contributed by atoms with van der Waals surface area (Å²) in [4.78, 5) is 0. The third-order valence-electron chi connectivity index (χ3n) is 7.09. The highest BCUT2D eigenvalue weighted by atomic mass is 14.6. The topological polar surface area (TPSA) is 26.0 Å². The average molecular weight is 384 g/mol. The summed E-state index contributed by atoms with van der Waals surface area (Å²) >= 11 is 0. The van der Waals surface area contributed by atoms with Crippen molar-refractivity contribution in [3.05, 3.63) is 47.1 Å². The summed E-state index contributed by atoms with van der Waals surface area (Å²) in [5.74, 6) is 1.87. The zero-order valence-corrected chi connectivity index (χ0v) is 19.1. The van der Waals surface area contributed by atoms with E-state index in [0.717, 1.165) is 12.8 Å². The molecule has 0 saturated heterocycles. The van der Waals surface area contributed by atoms with Gasteiger partial charge < -0.3 is 5.73 Å². The van der Waals surface area contributed by atoms with E-state index in [2.05, 4.69) is 52.5 Å². The lowest BCUT2D eigenvalue weighted by molar-refractivity contribution is 0.412. The van der Waals surface area contributed by atoms with Crippen LogP contribution in [0.3, 0.4) is 0 Å². The molecule has 1 fully saturated rings. The number of allylic oxidation sites excluding steroid dienone is 6. The molecular formula is C27H45N. The van der Waals surface area contributed by atoms with Crippen LogP contribution in [0.25, 0.3) is 0 Å². The highest BCUT2D eigenvalue weighted by Gasteiger charge is 2.23. The van der Waals surface area contributed by atoms with Crippen molar-refractivity contribution in [3.8, 4) is 0 Å². The predicted octanol–water partition coefficient (Wildman–Crippen LogP) is 7.90. The van der Waals surface area contributed by atoms with Gasteiger partial charge in [0.15, 0.2) is 0 Å². The monoisotopic (exact) mass is 383 g/mol. The summed E-state index contributed by atoms with van der Waals surface area (Å²) in [5.41, 5.74) is 13.6. The fourth-order valence-corrected chi connectivity index (χ4v) is 5.01. The van der Waals surface area contributed by atoms with E-state index in [1.54, 1.807) is 22.3 Å². The summed E-state index contributed by atoms with van der Waals surface area (Å²) in [7, 11) is 0. The zero-order valence-electron chi connectivity index (χ0n) is 19.1. The molecule has 0 aromatic heterocycles. The van der Waals surface area contributed by atoms with Gasteiger partial charge in [0.1, 0.15) is 0 Å². The van der Waals surface area contributed by atoms with Gasteiger partial charge in [0.2, 0.25) is 0 Å². The summed E-state index contributed by atoms with van der Waals surface area (Å²) in [5, 5.41) is 0. The molecule has 0 bridgehead atoms. The summed E-state index contributed by atoms with van der Waals surface area (Å²) in [6.07, 6.45) is 20.5. The normalized spacial score (nSPS) is 27.6. The average Bonchev–Trinajstić information content (AvgIpc) is 2.70. The van der Waals surface area contributed by atoms with E-state index in [1.165, 1.54) is 57.8 Å². The molecule has 4 atom stereocenters. The van der Waals surface area contributed by atoms with Gasteiger partial charge in [-0.1, -0.05) is 62.6 Å². The molecule has 158 valence electrons. The Bertz CT molecular complexity index is 585. The van der Waals surface area contributed by atoms with Crippen molar-refractivity contribution in [3.63, 3.8) is 0 Å². The van der Waals surface area contributed by atoms with Crippen LogP contribution in [0, 0.1) is 17.8 Å². The fraction of sp³-hybridized carbons (Fsp3) is 0.704. The van der Waals surface area contributed by atoms with Gasteiger partial charge in [-0.25, -0.2) is 0 Å². The van der Waals surface area contributed by atoms with Crippen molar-refractivity contribution < 1.29 is 0 Å². The highest BCUT2D eigenvalue weighted by Crippen LogP contribution is 2.38. The first-order valence-electron chi connectivity index (χ1n) is 11.9. The van der Waals surface area contributed by atoms with Crippen molar-refractivity contribution in [1.82, 2.24) is 0 Å². The zero-order chi connectivity index (χ0) is 20.5. The summed E-state index contributed by atoms with van der Waals surface area (Å²) < 4.78 is 0. The fourth-order valence-electron chi connectivity index (χ4n) is 5.01. The van der Waals surface area contributed by atoms with Gasteiger partial charge in [-0.05, 0) is 94.0 Å². The Balaban J connectivity index is 2.27. The molecular weight excluding hydrogens is 338 g/mol. The van der Waals surface area contributed by atoms with E-state index in [0.29, 0.717) is 17.8 Å². The lowest BCUT2D eigenvalue weighted by Crippen LogP contribution is -2.28. The summed E-state index contributed by atoms with van der Waals surface area (Å²) in [6, 6.07) is 0.191. The Morgan fingerprint density at radius 3 is 2.57 bits per heavy atom. The van der Waals surface area contributed by atoms with E-state index in [-0.39, 0.29) is 6.04 Å². The third kappa shape index (κ3) is 6.76. The van der Waals surface area contributed by atoms with Crippen molar-refractivity contribution in [1.29, 1.82) is 0 Å². The smallest absolute Gasteiger partial charge is 0.0262 e. The van der Waals surface area contributed by atoms with E-state index in [1.807, 2.05) is 0 Å². The maximum absolute atomic E-state index is 6.90. The minimum absolute atomic E-state index is 0.191. The van der Waals surface area contributed by atoms with Crippen molar-refractivity contribution >= 4 is 0 Å². The second-order valence-corrected chi connectivity index (χ2v) is 9.55. The van der Waals surface area contributed by atoms with Gasteiger partial charge in [0.05, 0.1) is 0 Å². The van der Waals surface area contributed by atoms with Crippen LogP contribution in [0.1, 0.15) is 98.3 Å². The molecule has 1 nitrogen and oxygen atoms in total. The van der Waals surface area contributed by atoms with Gasteiger partial charge >= 0.3 is 0 Å². The Hall–Kier alpha value is -1.08. The van der Waals surface area contributed by atoms with Crippen molar-refractivity contribution in [2.45, 2.75) is 104 Å². The van der Waals surface area contributed by atoms with Crippen LogP contribution < -0.4 is 5.73 Å². The Morgan fingerprint density at radius 1 is 1.21 bits per heavy atom. The third-order valence-corrected chi connectivity index (χ3v) is 7.09. The van der Waals surface area contributed by atoms with Crippen LogP contribution in [0.15, 0.2) is 47.1 Å². The second-order valence-electron chi connectivity index (χ2n) is 9.55. The Labute approximate surface area is 175 Å².